The third kappa shape index (κ3) is 3.95. The Hall–Kier alpha value is -2.10. The van der Waals surface area contributed by atoms with Gasteiger partial charge in [0.2, 0.25) is 14.2 Å². The quantitative estimate of drug-likeness (QED) is 0.600. The van der Waals surface area contributed by atoms with Crippen molar-refractivity contribution in [1.29, 1.82) is 0 Å². The molecule has 1 N–H and O–H groups in total. The minimum absolute atomic E-state index is 0.0463. The van der Waals surface area contributed by atoms with E-state index in [4.69, 9.17) is 11.6 Å². The number of thiazole rings is 1. The molecule has 0 unspecified atom stereocenters. The van der Waals surface area contributed by atoms with Gasteiger partial charge in [-0.15, -0.1) is 11.3 Å². The van der Waals surface area contributed by atoms with Gasteiger partial charge in [-0.1, -0.05) is 11.6 Å². The summed E-state index contributed by atoms with van der Waals surface area (Å²) >= 11 is 6.60. The Bertz CT molecular complexity index is 1070. The largest absolute Gasteiger partial charge is 0.378 e. The Labute approximate surface area is 162 Å². The Balaban J connectivity index is 1.95. The minimum atomic E-state index is -4.41. The minimum Gasteiger partial charge on any atom is -0.378 e. The molecule has 142 valence electrons. The summed E-state index contributed by atoms with van der Waals surface area (Å²) in [7, 11) is -4.41. The Morgan fingerprint density at radius 1 is 1.11 bits per heavy atom. The fourth-order valence-electron chi connectivity index (χ4n) is 2.50. The summed E-state index contributed by atoms with van der Waals surface area (Å²) < 4.78 is 67.1. The second-order valence-electron chi connectivity index (χ2n) is 5.60. The van der Waals surface area contributed by atoms with Crippen LogP contribution in [0.3, 0.4) is 0 Å². The van der Waals surface area contributed by atoms with Crippen molar-refractivity contribution in [2.24, 2.45) is 0 Å². The Morgan fingerprint density at radius 2 is 1.78 bits per heavy atom. The van der Waals surface area contributed by atoms with Gasteiger partial charge >= 0.3 is 0 Å². The van der Waals surface area contributed by atoms with E-state index in [1.807, 2.05) is 0 Å². The standard InChI is InChI=1S/C17H12ClF3N2O2S2/c1-9(12-6-10(18)2-3-13(12)19)23-11-7-14(20)16(15(21)8-11)27(24,25)17-22-4-5-26-17/h2-9,23H,1H3/t9-/m0/s1. The monoisotopic (exact) mass is 432 g/mol. The van der Waals surface area contributed by atoms with E-state index in [1.54, 1.807) is 6.92 Å². The molecule has 0 saturated heterocycles. The lowest BCUT2D eigenvalue weighted by atomic mass is 10.1. The maximum Gasteiger partial charge on any atom is 0.239 e. The van der Waals surface area contributed by atoms with Gasteiger partial charge in [0.05, 0.1) is 6.04 Å². The number of nitrogens with zero attached hydrogens (tertiary/aromatic N) is 1. The van der Waals surface area contributed by atoms with Crippen LogP contribution in [0.2, 0.25) is 5.02 Å². The maximum atomic E-state index is 14.4. The number of aromatic nitrogens is 1. The van der Waals surface area contributed by atoms with Crippen molar-refractivity contribution in [2.75, 3.05) is 5.32 Å². The van der Waals surface area contributed by atoms with E-state index in [9.17, 15) is 21.6 Å². The summed E-state index contributed by atoms with van der Waals surface area (Å²) in [6, 6.07) is 4.95. The Morgan fingerprint density at radius 3 is 2.37 bits per heavy atom. The summed E-state index contributed by atoms with van der Waals surface area (Å²) in [5.74, 6) is -3.08. The molecule has 0 bridgehead atoms. The van der Waals surface area contributed by atoms with Crippen LogP contribution in [0.1, 0.15) is 18.5 Å². The van der Waals surface area contributed by atoms with E-state index in [0.29, 0.717) is 5.02 Å². The van der Waals surface area contributed by atoms with E-state index in [1.165, 1.54) is 29.8 Å². The van der Waals surface area contributed by atoms with Gasteiger partial charge in [-0.05, 0) is 37.3 Å². The molecule has 0 fully saturated rings. The number of rotatable bonds is 5. The molecule has 0 aliphatic heterocycles. The first-order valence-corrected chi connectivity index (χ1v) is 10.3. The summed E-state index contributed by atoms with van der Waals surface area (Å²) in [5.41, 5.74) is 0.151. The molecule has 4 nitrogen and oxygen atoms in total. The van der Waals surface area contributed by atoms with E-state index >= 15 is 0 Å². The van der Waals surface area contributed by atoms with Crippen LogP contribution < -0.4 is 5.32 Å². The molecule has 0 aliphatic carbocycles. The zero-order valence-corrected chi connectivity index (χ0v) is 16.1. The lowest BCUT2D eigenvalue weighted by Gasteiger charge is -2.17. The number of sulfone groups is 1. The van der Waals surface area contributed by atoms with Crippen LogP contribution in [-0.4, -0.2) is 13.4 Å². The highest BCUT2D eigenvalue weighted by atomic mass is 35.5. The van der Waals surface area contributed by atoms with Gasteiger partial charge in [-0.25, -0.2) is 26.6 Å². The van der Waals surface area contributed by atoms with E-state index in [2.05, 4.69) is 10.3 Å². The highest BCUT2D eigenvalue weighted by Crippen LogP contribution is 2.31. The van der Waals surface area contributed by atoms with Crippen molar-refractivity contribution in [3.63, 3.8) is 0 Å². The molecular formula is C17H12ClF3N2O2S2. The molecule has 0 amide bonds. The zero-order valence-electron chi connectivity index (χ0n) is 13.7. The highest BCUT2D eigenvalue weighted by Gasteiger charge is 2.29. The van der Waals surface area contributed by atoms with Crippen LogP contribution >= 0.6 is 22.9 Å². The van der Waals surface area contributed by atoms with Crippen LogP contribution in [0.25, 0.3) is 0 Å². The molecule has 0 saturated carbocycles. The molecule has 10 heteroatoms. The predicted octanol–water partition coefficient (Wildman–Crippen LogP) is 5.22. The van der Waals surface area contributed by atoms with Crippen LogP contribution in [0.4, 0.5) is 18.9 Å². The fourth-order valence-corrected chi connectivity index (χ4v) is 4.97. The van der Waals surface area contributed by atoms with Crippen LogP contribution in [-0.2, 0) is 9.84 Å². The first-order valence-electron chi connectivity index (χ1n) is 7.55. The third-order valence-electron chi connectivity index (χ3n) is 3.71. The maximum absolute atomic E-state index is 14.4. The summed E-state index contributed by atoms with van der Waals surface area (Å²) in [4.78, 5) is 2.52. The van der Waals surface area contributed by atoms with E-state index < -0.39 is 42.6 Å². The molecule has 0 aliphatic rings. The topological polar surface area (TPSA) is 59.1 Å². The molecule has 1 atom stereocenters. The van der Waals surface area contributed by atoms with Gasteiger partial charge in [-0.2, -0.15) is 0 Å². The molecule has 3 rings (SSSR count). The summed E-state index contributed by atoms with van der Waals surface area (Å²) in [5, 5.41) is 4.43. The van der Waals surface area contributed by atoms with Gasteiger partial charge < -0.3 is 5.32 Å². The second-order valence-corrected chi connectivity index (χ2v) is 8.99. The molecule has 27 heavy (non-hydrogen) atoms. The first-order chi connectivity index (χ1) is 12.7. The SMILES string of the molecule is C[C@H](Nc1cc(F)c(S(=O)(=O)c2nccs2)c(F)c1)c1cc(Cl)ccc1F. The van der Waals surface area contributed by atoms with E-state index in [-0.39, 0.29) is 11.3 Å². The Kier molecular flexibility index (Phi) is 5.45. The average Bonchev–Trinajstić information content (AvgIpc) is 3.11. The van der Waals surface area contributed by atoms with Crippen LogP contribution in [0, 0.1) is 17.5 Å². The second kappa shape index (κ2) is 7.49. The summed E-state index contributed by atoms with van der Waals surface area (Å²) in [6.45, 7) is 1.57. The average molecular weight is 433 g/mol. The van der Waals surface area contributed by atoms with Crippen molar-refractivity contribution in [1.82, 2.24) is 4.98 Å². The van der Waals surface area contributed by atoms with Gasteiger partial charge in [0.15, 0.2) is 0 Å². The number of benzene rings is 2. The summed E-state index contributed by atoms with van der Waals surface area (Å²) in [6.07, 6.45) is 1.23. The molecule has 1 aromatic heterocycles. The number of nitrogens with one attached hydrogen (secondary N) is 1. The van der Waals surface area contributed by atoms with Crippen molar-refractivity contribution in [3.8, 4) is 0 Å². The molecule has 3 aromatic rings. The van der Waals surface area contributed by atoms with Gasteiger partial charge in [0.25, 0.3) is 0 Å². The molecule has 2 aromatic carbocycles. The number of hydrogen-bond donors (Lipinski definition) is 1. The number of hydrogen-bond acceptors (Lipinski definition) is 5. The normalized spacial score (nSPS) is 12.8. The van der Waals surface area contributed by atoms with Gasteiger partial charge in [0, 0.05) is 27.9 Å². The predicted molar refractivity (Wildman–Crippen MR) is 97.4 cm³/mol. The fraction of sp³-hybridized carbons (Fsp3) is 0.118. The van der Waals surface area contributed by atoms with E-state index in [0.717, 1.165) is 23.5 Å². The highest BCUT2D eigenvalue weighted by molar-refractivity contribution is 7.93. The van der Waals surface area contributed by atoms with Crippen molar-refractivity contribution < 1.29 is 21.6 Å². The third-order valence-corrected chi connectivity index (χ3v) is 6.95. The van der Waals surface area contributed by atoms with Crippen molar-refractivity contribution >= 4 is 38.5 Å². The van der Waals surface area contributed by atoms with Crippen molar-refractivity contribution in [2.45, 2.75) is 22.2 Å². The van der Waals surface area contributed by atoms with Gasteiger partial charge in [0.1, 0.15) is 22.3 Å². The van der Waals surface area contributed by atoms with Crippen LogP contribution in [0.5, 0.6) is 0 Å². The van der Waals surface area contributed by atoms with Gasteiger partial charge in [-0.3, -0.25) is 0 Å². The first kappa shape index (κ1) is 19.7. The molecule has 0 radical (unpaired) electrons. The number of halogens is 4. The smallest absolute Gasteiger partial charge is 0.239 e. The lowest BCUT2D eigenvalue weighted by Crippen LogP contribution is -2.12. The molecule has 0 spiro atoms. The lowest BCUT2D eigenvalue weighted by molar-refractivity contribution is 0.519. The molecule has 1 heterocycles. The number of anilines is 1. The van der Waals surface area contributed by atoms with Crippen LogP contribution in [0.15, 0.2) is 51.1 Å². The zero-order chi connectivity index (χ0) is 19.8. The molecular weight excluding hydrogens is 421 g/mol. The van der Waals surface area contributed by atoms with Crippen molar-refractivity contribution in [3.05, 3.63) is 69.9 Å².